The van der Waals surface area contributed by atoms with Gasteiger partial charge in [0.05, 0.1) is 10.9 Å². The highest BCUT2D eigenvalue weighted by atomic mass is 19.4. The van der Waals surface area contributed by atoms with Crippen molar-refractivity contribution in [2.45, 2.75) is 38.8 Å². The predicted octanol–water partition coefficient (Wildman–Crippen LogP) is 6.76. The van der Waals surface area contributed by atoms with Gasteiger partial charge in [0, 0.05) is 43.1 Å². The zero-order valence-corrected chi connectivity index (χ0v) is 23.4. The number of nitrogens with zero attached hydrogens (tertiary/aromatic N) is 4. The molecule has 10 nitrogen and oxygen atoms in total. The molecule has 0 atom stereocenters. The molecule has 1 saturated carbocycles. The van der Waals surface area contributed by atoms with Gasteiger partial charge in [-0.2, -0.15) is 18.3 Å². The first-order valence-corrected chi connectivity index (χ1v) is 13.4. The standard InChI is InChI=1S/C24H21F3N6O.C5H11NO2/c1-33-22-20(21(28)32-33)18(12-19(31-22)14-5-6-14)13-7-9-16(10-8-13)29-23(34)30-17-4-2-3-15(11-17)24(25,26)27;1-3-6(4-2)5(7)8/h2-4,7-12,14H,5-6H2,1H3,(H2,28,32)(H2,29,30,34);3-4H2,1-2H3,(H,7,8). The molecule has 0 saturated heterocycles. The number of aryl methyl sites for hydroxylation is 1. The third-order valence-corrected chi connectivity index (χ3v) is 6.77. The quantitative estimate of drug-likeness (QED) is 0.198. The Morgan fingerprint density at radius 2 is 1.69 bits per heavy atom. The van der Waals surface area contributed by atoms with Crippen molar-refractivity contribution in [3.63, 3.8) is 0 Å². The van der Waals surface area contributed by atoms with Crippen LogP contribution >= 0.6 is 0 Å². The highest BCUT2D eigenvalue weighted by Crippen LogP contribution is 2.42. The van der Waals surface area contributed by atoms with Gasteiger partial charge >= 0.3 is 18.3 Å². The van der Waals surface area contributed by atoms with E-state index in [9.17, 15) is 22.8 Å². The number of pyridine rings is 1. The molecule has 5 rings (SSSR count). The van der Waals surface area contributed by atoms with Crippen molar-refractivity contribution in [1.82, 2.24) is 19.7 Å². The predicted molar refractivity (Wildman–Crippen MR) is 155 cm³/mol. The lowest BCUT2D eigenvalue weighted by Crippen LogP contribution is -2.28. The van der Waals surface area contributed by atoms with Crippen LogP contribution in [0, 0.1) is 0 Å². The van der Waals surface area contributed by atoms with Crippen LogP contribution in [-0.2, 0) is 13.2 Å². The molecule has 1 aliphatic rings. The molecule has 2 heterocycles. The van der Waals surface area contributed by atoms with Crippen molar-refractivity contribution in [1.29, 1.82) is 0 Å². The number of nitrogen functional groups attached to an aromatic ring is 1. The maximum Gasteiger partial charge on any atom is 0.416 e. The highest BCUT2D eigenvalue weighted by Gasteiger charge is 2.30. The number of nitrogens with one attached hydrogen (secondary N) is 2. The molecule has 5 N–H and O–H groups in total. The van der Waals surface area contributed by atoms with Crippen molar-refractivity contribution in [3.05, 3.63) is 65.9 Å². The number of aromatic nitrogens is 3. The van der Waals surface area contributed by atoms with Crippen LogP contribution in [0.3, 0.4) is 0 Å². The SMILES string of the molecule is CCN(CC)C(=O)O.Cn1nc(N)c2c(-c3ccc(NC(=O)Nc4cccc(C(F)(F)F)c4)cc3)cc(C3CC3)nc21. The number of alkyl halides is 3. The topological polar surface area (TPSA) is 138 Å². The third kappa shape index (κ3) is 7.09. The number of carbonyl (C=O) groups excluding carboxylic acids is 1. The molecule has 0 radical (unpaired) electrons. The fraction of sp³-hybridized carbons (Fsp3) is 0.310. The minimum atomic E-state index is -4.49. The summed E-state index contributed by atoms with van der Waals surface area (Å²) in [7, 11) is 1.81. The van der Waals surface area contributed by atoms with Gasteiger partial charge in [-0.05, 0) is 74.2 Å². The summed E-state index contributed by atoms with van der Waals surface area (Å²) in [4.78, 5) is 28.5. The van der Waals surface area contributed by atoms with Gasteiger partial charge in [0.1, 0.15) is 0 Å². The Kier molecular flexibility index (Phi) is 8.88. The molecular weight excluding hydrogens is 551 g/mol. The zero-order chi connectivity index (χ0) is 30.6. The number of benzene rings is 2. The van der Waals surface area contributed by atoms with E-state index in [1.54, 1.807) is 16.8 Å². The van der Waals surface area contributed by atoms with Gasteiger partial charge in [-0.1, -0.05) is 18.2 Å². The summed E-state index contributed by atoms with van der Waals surface area (Å²) >= 11 is 0. The van der Waals surface area contributed by atoms with Gasteiger partial charge < -0.3 is 26.4 Å². The summed E-state index contributed by atoms with van der Waals surface area (Å²) in [5, 5.41) is 18.4. The first-order valence-electron chi connectivity index (χ1n) is 13.4. The number of hydrogen-bond acceptors (Lipinski definition) is 5. The Morgan fingerprint density at radius 3 is 2.24 bits per heavy atom. The number of nitrogens with two attached hydrogens (primary N) is 1. The summed E-state index contributed by atoms with van der Waals surface area (Å²) in [6.45, 7) is 4.78. The molecular formula is C29H32F3N7O3. The molecule has 222 valence electrons. The monoisotopic (exact) mass is 583 g/mol. The average Bonchev–Trinajstić information content (AvgIpc) is 3.75. The van der Waals surface area contributed by atoms with Crippen molar-refractivity contribution < 1.29 is 27.9 Å². The number of anilines is 3. The molecule has 13 heteroatoms. The fourth-order valence-electron chi connectivity index (χ4n) is 4.41. The molecule has 0 aliphatic heterocycles. The minimum absolute atomic E-state index is 0.0442. The first-order chi connectivity index (χ1) is 19.9. The van der Waals surface area contributed by atoms with Crippen LogP contribution < -0.4 is 16.4 Å². The lowest BCUT2D eigenvalue weighted by molar-refractivity contribution is -0.137. The maximum absolute atomic E-state index is 12.9. The second kappa shape index (κ2) is 12.4. The fourth-order valence-corrected chi connectivity index (χ4v) is 4.41. The molecule has 0 spiro atoms. The number of hydrogen-bond donors (Lipinski definition) is 4. The number of fused-ring (bicyclic) bond motifs is 1. The van der Waals surface area contributed by atoms with Gasteiger partial charge in [-0.25, -0.2) is 19.3 Å². The van der Waals surface area contributed by atoms with Crippen molar-refractivity contribution >= 4 is 40.4 Å². The molecule has 1 aliphatic carbocycles. The Labute approximate surface area is 240 Å². The van der Waals surface area contributed by atoms with Crippen molar-refractivity contribution in [2.75, 3.05) is 29.5 Å². The van der Waals surface area contributed by atoms with Gasteiger partial charge in [0.25, 0.3) is 0 Å². The van der Waals surface area contributed by atoms with E-state index < -0.39 is 23.9 Å². The number of carboxylic acid groups (broad SMARTS) is 1. The summed E-state index contributed by atoms with van der Waals surface area (Å²) < 4.78 is 40.3. The molecule has 3 amide bonds. The lowest BCUT2D eigenvalue weighted by atomic mass is 10.0. The number of halogens is 3. The summed E-state index contributed by atoms with van der Waals surface area (Å²) in [6.07, 6.45) is -3.11. The van der Waals surface area contributed by atoms with Gasteiger partial charge in [0.2, 0.25) is 0 Å². The molecule has 1 fully saturated rings. The van der Waals surface area contributed by atoms with Crippen LogP contribution in [0.25, 0.3) is 22.2 Å². The van der Waals surface area contributed by atoms with Gasteiger partial charge in [0.15, 0.2) is 11.5 Å². The highest BCUT2D eigenvalue weighted by molar-refractivity contribution is 6.02. The Bertz CT molecular complexity index is 1580. The number of urea groups is 1. The molecule has 42 heavy (non-hydrogen) atoms. The van der Waals surface area contributed by atoms with Crippen molar-refractivity contribution in [2.24, 2.45) is 7.05 Å². The summed E-state index contributed by atoms with van der Waals surface area (Å²) in [5.41, 5.74) is 9.38. The molecule has 0 bridgehead atoms. The van der Waals surface area contributed by atoms with E-state index in [1.165, 1.54) is 17.0 Å². The van der Waals surface area contributed by atoms with E-state index in [-0.39, 0.29) is 5.69 Å². The van der Waals surface area contributed by atoms with E-state index in [0.717, 1.165) is 52.8 Å². The largest absolute Gasteiger partial charge is 0.465 e. The van der Waals surface area contributed by atoms with Gasteiger partial charge in [-0.3, -0.25) is 0 Å². The third-order valence-electron chi connectivity index (χ3n) is 6.77. The lowest BCUT2D eigenvalue weighted by Gasteiger charge is -2.12. The van der Waals surface area contributed by atoms with E-state index in [1.807, 2.05) is 39.1 Å². The van der Waals surface area contributed by atoms with E-state index >= 15 is 0 Å². The van der Waals surface area contributed by atoms with Crippen molar-refractivity contribution in [3.8, 4) is 11.1 Å². The first kappa shape index (κ1) is 30.2. The van der Waals surface area contributed by atoms with E-state index in [2.05, 4.69) is 15.7 Å². The normalized spacial score (nSPS) is 12.8. The van der Waals surface area contributed by atoms with Crippen LogP contribution in [-0.4, -0.2) is 50.0 Å². The van der Waals surface area contributed by atoms with E-state index in [0.29, 0.717) is 30.5 Å². The summed E-state index contributed by atoms with van der Waals surface area (Å²) in [6, 6.07) is 13.0. The molecule has 2 aromatic heterocycles. The smallest absolute Gasteiger partial charge is 0.416 e. The van der Waals surface area contributed by atoms with Crippen LogP contribution in [0.15, 0.2) is 54.6 Å². The maximum atomic E-state index is 12.9. The van der Waals surface area contributed by atoms with Crippen LogP contribution in [0.2, 0.25) is 0 Å². The van der Waals surface area contributed by atoms with Crippen LogP contribution in [0.4, 0.5) is 40.0 Å². The molecule has 0 unspecified atom stereocenters. The average molecular weight is 584 g/mol. The second-order valence-electron chi connectivity index (χ2n) is 9.77. The number of carbonyl (C=O) groups is 2. The molecule has 4 aromatic rings. The summed E-state index contributed by atoms with van der Waals surface area (Å²) in [5.74, 6) is 0.838. The Balaban J connectivity index is 0.000000446. The van der Waals surface area contributed by atoms with E-state index in [4.69, 9.17) is 15.8 Å². The van der Waals surface area contributed by atoms with Crippen LogP contribution in [0.1, 0.15) is 43.9 Å². The molecule has 2 aromatic carbocycles. The number of rotatable bonds is 6. The van der Waals surface area contributed by atoms with Gasteiger partial charge in [-0.15, -0.1) is 0 Å². The van der Waals surface area contributed by atoms with Crippen LogP contribution in [0.5, 0.6) is 0 Å². The Morgan fingerprint density at radius 1 is 1.05 bits per heavy atom. The minimum Gasteiger partial charge on any atom is -0.465 e. The Hall–Kier alpha value is -4.81. The second-order valence-corrected chi connectivity index (χ2v) is 9.77. The number of amides is 3. The zero-order valence-electron chi connectivity index (χ0n) is 23.4.